The monoisotopic (exact) mass is 360 g/mol. The summed E-state index contributed by atoms with van der Waals surface area (Å²) in [6.07, 6.45) is 1.56. The number of nitrogens with zero attached hydrogens (tertiary/aromatic N) is 3. The summed E-state index contributed by atoms with van der Waals surface area (Å²) in [7, 11) is 1.45. The Bertz CT molecular complexity index is 950. The van der Waals surface area contributed by atoms with Gasteiger partial charge >= 0.3 is 0 Å². The van der Waals surface area contributed by atoms with Gasteiger partial charge in [0.05, 0.1) is 18.3 Å². The fourth-order valence-corrected chi connectivity index (χ4v) is 2.52. The van der Waals surface area contributed by atoms with E-state index in [-0.39, 0.29) is 16.5 Å². The highest BCUT2D eigenvalue weighted by Gasteiger charge is 2.09. The zero-order valence-corrected chi connectivity index (χ0v) is 14.2. The lowest BCUT2D eigenvalue weighted by molar-refractivity contribution is 0.373. The minimum absolute atomic E-state index is 0.110. The number of aromatic hydroxyl groups is 1. The van der Waals surface area contributed by atoms with E-state index in [0.717, 1.165) is 5.56 Å². The molecule has 6 nitrogen and oxygen atoms in total. The maximum absolute atomic E-state index is 9.77. The first-order chi connectivity index (χ1) is 11.6. The molecule has 0 amide bonds. The molecule has 0 aliphatic heterocycles. The summed E-state index contributed by atoms with van der Waals surface area (Å²) in [6, 6.07) is 12.8. The SMILES string of the molecule is COc1cc(/C=N\n2c(-c3ccccc3)n[nH]c2=S)cc(Cl)c1O. The zero-order valence-electron chi connectivity index (χ0n) is 12.6. The number of hydrogen-bond donors (Lipinski definition) is 2. The van der Waals surface area contributed by atoms with E-state index in [1.54, 1.807) is 18.3 Å². The van der Waals surface area contributed by atoms with E-state index < -0.39 is 0 Å². The van der Waals surface area contributed by atoms with E-state index in [9.17, 15) is 5.11 Å². The summed E-state index contributed by atoms with van der Waals surface area (Å²) < 4.78 is 6.95. The van der Waals surface area contributed by atoms with Crippen LogP contribution in [0.4, 0.5) is 0 Å². The molecule has 122 valence electrons. The molecule has 0 unspecified atom stereocenters. The van der Waals surface area contributed by atoms with Gasteiger partial charge in [-0.15, -0.1) is 0 Å². The van der Waals surface area contributed by atoms with Gasteiger partial charge in [0.25, 0.3) is 0 Å². The Balaban J connectivity index is 2.01. The largest absolute Gasteiger partial charge is 0.503 e. The van der Waals surface area contributed by atoms with Crippen LogP contribution in [0.3, 0.4) is 0 Å². The van der Waals surface area contributed by atoms with Gasteiger partial charge in [-0.2, -0.15) is 14.9 Å². The highest BCUT2D eigenvalue weighted by Crippen LogP contribution is 2.34. The Morgan fingerprint density at radius 2 is 2.08 bits per heavy atom. The summed E-state index contributed by atoms with van der Waals surface area (Å²) in [5.41, 5.74) is 1.53. The predicted molar refractivity (Wildman–Crippen MR) is 95.5 cm³/mol. The number of H-pyrrole nitrogens is 1. The number of benzene rings is 2. The Hall–Kier alpha value is -2.64. The quantitative estimate of drug-likeness (QED) is 0.547. The van der Waals surface area contributed by atoms with Crippen LogP contribution in [-0.4, -0.2) is 33.3 Å². The van der Waals surface area contributed by atoms with Gasteiger partial charge in [-0.3, -0.25) is 0 Å². The number of ether oxygens (including phenoxy) is 1. The fraction of sp³-hybridized carbons (Fsp3) is 0.0625. The summed E-state index contributed by atoms with van der Waals surface area (Å²) in [4.78, 5) is 0. The molecule has 0 bridgehead atoms. The normalized spacial score (nSPS) is 11.1. The number of halogens is 1. The number of phenols is 1. The number of aromatic nitrogens is 3. The molecule has 0 aliphatic rings. The summed E-state index contributed by atoms with van der Waals surface area (Å²) >= 11 is 11.2. The van der Waals surface area contributed by atoms with Crippen LogP contribution in [-0.2, 0) is 0 Å². The van der Waals surface area contributed by atoms with Crippen LogP contribution in [0.5, 0.6) is 11.5 Å². The van der Waals surface area contributed by atoms with Crippen LogP contribution >= 0.6 is 23.8 Å². The first kappa shape index (κ1) is 16.2. The molecule has 8 heteroatoms. The third-order valence-electron chi connectivity index (χ3n) is 3.28. The van der Waals surface area contributed by atoms with E-state index in [2.05, 4.69) is 15.3 Å². The molecule has 24 heavy (non-hydrogen) atoms. The first-order valence-electron chi connectivity index (χ1n) is 6.94. The van der Waals surface area contributed by atoms with Crippen LogP contribution in [0.2, 0.25) is 5.02 Å². The topological polar surface area (TPSA) is 75.4 Å². The highest BCUT2D eigenvalue weighted by atomic mass is 35.5. The van der Waals surface area contributed by atoms with Gasteiger partial charge < -0.3 is 9.84 Å². The van der Waals surface area contributed by atoms with Gasteiger partial charge in [0.2, 0.25) is 4.77 Å². The van der Waals surface area contributed by atoms with Gasteiger partial charge in [-0.25, -0.2) is 5.10 Å². The first-order valence-corrected chi connectivity index (χ1v) is 7.72. The van der Waals surface area contributed by atoms with Gasteiger partial charge in [-0.1, -0.05) is 41.9 Å². The highest BCUT2D eigenvalue weighted by molar-refractivity contribution is 7.71. The molecular weight excluding hydrogens is 348 g/mol. The van der Waals surface area contributed by atoms with Crippen molar-refractivity contribution < 1.29 is 9.84 Å². The van der Waals surface area contributed by atoms with Crippen molar-refractivity contribution in [1.82, 2.24) is 14.9 Å². The molecule has 2 aromatic carbocycles. The number of rotatable bonds is 4. The van der Waals surface area contributed by atoms with E-state index in [0.29, 0.717) is 16.2 Å². The number of nitrogens with one attached hydrogen (secondary N) is 1. The smallest absolute Gasteiger partial charge is 0.216 e. The number of aromatic amines is 1. The van der Waals surface area contributed by atoms with E-state index in [4.69, 9.17) is 28.6 Å². The molecule has 0 fully saturated rings. The van der Waals surface area contributed by atoms with E-state index in [1.165, 1.54) is 11.8 Å². The average Bonchev–Trinajstić information content (AvgIpc) is 2.97. The lowest BCUT2D eigenvalue weighted by Crippen LogP contribution is -1.95. The molecule has 0 radical (unpaired) electrons. The Kier molecular flexibility index (Phi) is 4.64. The molecule has 1 heterocycles. The van der Waals surface area contributed by atoms with Crippen LogP contribution in [0.15, 0.2) is 47.6 Å². The maximum atomic E-state index is 9.77. The minimum atomic E-state index is -0.110. The number of phenolic OH excluding ortho intramolecular Hbond substituents is 1. The standard InChI is InChI=1S/C16H13ClN4O2S/c1-23-13-8-10(7-12(17)14(13)22)9-18-21-15(19-20-16(21)24)11-5-3-2-4-6-11/h2-9,22H,1H3,(H,20,24)/b18-9-. The summed E-state index contributed by atoms with van der Waals surface area (Å²) in [6.45, 7) is 0. The van der Waals surface area contributed by atoms with Crippen LogP contribution in [0.1, 0.15) is 5.56 Å². The molecule has 1 aromatic heterocycles. The molecule has 0 saturated heterocycles. The average molecular weight is 361 g/mol. The summed E-state index contributed by atoms with van der Waals surface area (Å²) in [5.74, 6) is 0.748. The molecular formula is C16H13ClN4O2S. The molecule has 0 saturated carbocycles. The third kappa shape index (κ3) is 3.17. The second kappa shape index (κ2) is 6.86. The molecule has 0 spiro atoms. The molecule has 3 aromatic rings. The van der Waals surface area contributed by atoms with Crippen molar-refractivity contribution in [3.05, 3.63) is 57.8 Å². The van der Waals surface area contributed by atoms with Gasteiger partial charge in [0, 0.05) is 5.56 Å². The fourth-order valence-electron chi connectivity index (χ4n) is 2.12. The van der Waals surface area contributed by atoms with Crippen molar-refractivity contribution in [2.45, 2.75) is 0 Å². The van der Waals surface area contributed by atoms with Crippen LogP contribution in [0, 0.1) is 4.77 Å². The van der Waals surface area contributed by atoms with Crippen molar-refractivity contribution in [2.75, 3.05) is 7.11 Å². The van der Waals surface area contributed by atoms with E-state index in [1.807, 2.05) is 30.3 Å². The lowest BCUT2D eigenvalue weighted by Gasteiger charge is -2.06. The Morgan fingerprint density at radius 1 is 1.33 bits per heavy atom. The van der Waals surface area contributed by atoms with Crippen molar-refractivity contribution in [3.63, 3.8) is 0 Å². The van der Waals surface area contributed by atoms with Gasteiger partial charge in [-0.05, 0) is 29.9 Å². The number of hydrogen-bond acceptors (Lipinski definition) is 5. The molecule has 0 aliphatic carbocycles. The third-order valence-corrected chi connectivity index (χ3v) is 3.83. The Labute approximate surface area is 148 Å². The number of methoxy groups -OCH3 is 1. The second-order valence-corrected chi connectivity index (χ2v) is 5.62. The molecule has 3 rings (SSSR count). The van der Waals surface area contributed by atoms with Crippen molar-refractivity contribution >= 4 is 30.0 Å². The zero-order chi connectivity index (χ0) is 17.1. The minimum Gasteiger partial charge on any atom is -0.503 e. The van der Waals surface area contributed by atoms with Crippen molar-refractivity contribution in [3.8, 4) is 22.9 Å². The molecule has 0 atom stereocenters. The van der Waals surface area contributed by atoms with Crippen molar-refractivity contribution in [2.24, 2.45) is 5.10 Å². The van der Waals surface area contributed by atoms with Crippen LogP contribution in [0.25, 0.3) is 11.4 Å². The van der Waals surface area contributed by atoms with E-state index >= 15 is 0 Å². The lowest BCUT2D eigenvalue weighted by atomic mass is 10.2. The van der Waals surface area contributed by atoms with Crippen LogP contribution < -0.4 is 4.74 Å². The van der Waals surface area contributed by atoms with Crippen molar-refractivity contribution in [1.29, 1.82) is 0 Å². The molecule has 2 N–H and O–H groups in total. The second-order valence-electron chi connectivity index (χ2n) is 4.83. The Morgan fingerprint density at radius 3 is 2.79 bits per heavy atom. The van der Waals surface area contributed by atoms with Gasteiger partial charge in [0.15, 0.2) is 17.3 Å². The van der Waals surface area contributed by atoms with Gasteiger partial charge in [0.1, 0.15) is 0 Å². The maximum Gasteiger partial charge on any atom is 0.216 e. The predicted octanol–water partition coefficient (Wildman–Crippen LogP) is 3.86. The summed E-state index contributed by atoms with van der Waals surface area (Å²) in [5, 5.41) is 21.2.